The lowest BCUT2D eigenvalue weighted by atomic mass is 10.2. The number of hydrogen-bond donors (Lipinski definition) is 1. The van der Waals surface area contributed by atoms with Crippen molar-refractivity contribution in [3.05, 3.63) is 24.0 Å². The number of likely N-dealkylation sites (N-methyl/N-ethyl adjacent to an activating group) is 1. The van der Waals surface area contributed by atoms with Gasteiger partial charge in [-0.25, -0.2) is 0 Å². The minimum atomic E-state index is 0.346. The van der Waals surface area contributed by atoms with Gasteiger partial charge >= 0.3 is 0 Å². The molecule has 1 atom stereocenters. The predicted molar refractivity (Wildman–Crippen MR) is 73.8 cm³/mol. The van der Waals surface area contributed by atoms with Gasteiger partial charge in [0, 0.05) is 39.0 Å². The molecule has 1 aromatic heterocycles. The summed E-state index contributed by atoms with van der Waals surface area (Å²) in [6, 6.07) is 3.17. The Balaban J connectivity index is 2.04. The van der Waals surface area contributed by atoms with Gasteiger partial charge in [-0.1, -0.05) is 0 Å². The SMILES string of the molecule is COCC(C)N(C)c1cnccc1CNC1CC1. The summed E-state index contributed by atoms with van der Waals surface area (Å²) < 4.78 is 5.22. The van der Waals surface area contributed by atoms with Crippen LogP contribution in [0.2, 0.25) is 0 Å². The van der Waals surface area contributed by atoms with Gasteiger partial charge in [0.25, 0.3) is 0 Å². The van der Waals surface area contributed by atoms with E-state index in [2.05, 4.69) is 35.2 Å². The average molecular weight is 249 g/mol. The molecule has 1 aliphatic rings. The molecule has 0 aromatic carbocycles. The van der Waals surface area contributed by atoms with Crippen molar-refractivity contribution in [2.24, 2.45) is 0 Å². The van der Waals surface area contributed by atoms with Crippen molar-refractivity contribution in [2.45, 2.75) is 38.4 Å². The Morgan fingerprint density at radius 2 is 2.33 bits per heavy atom. The lowest BCUT2D eigenvalue weighted by Crippen LogP contribution is -2.33. The smallest absolute Gasteiger partial charge is 0.0663 e. The summed E-state index contributed by atoms with van der Waals surface area (Å²) in [5, 5.41) is 3.55. The standard InChI is InChI=1S/C14H23N3O/c1-11(10-18-3)17(2)14-9-15-7-6-12(14)8-16-13-4-5-13/h6-7,9,11,13,16H,4-5,8,10H2,1-3H3. The molecule has 1 aromatic rings. The first-order chi connectivity index (χ1) is 8.72. The van der Waals surface area contributed by atoms with Gasteiger partial charge in [0.15, 0.2) is 0 Å². The Morgan fingerprint density at radius 1 is 1.56 bits per heavy atom. The van der Waals surface area contributed by atoms with Crippen LogP contribution in [-0.4, -0.2) is 37.8 Å². The Hall–Kier alpha value is -1.13. The Kier molecular flexibility index (Phi) is 4.55. The van der Waals surface area contributed by atoms with Crippen LogP contribution >= 0.6 is 0 Å². The average Bonchev–Trinajstić information content (AvgIpc) is 3.20. The zero-order valence-electron chi connectivity index (χ0n) is 11.5. The molecule has 2 rings (SSSR count). The van der Waals surface area contributed by atoms with Crippen LogP contribution in [-0.2, 0) is 11.3 Å². The van der Waals surface area contributed by atoms with Crippen molar-refractivity contribution in [3.8, 4) is 0 Å². The van der Waals surface area contributed by atoms with E-state index >= 15 is 0 Å². The molecule has 1 aliphatic carbocycles. The van der Waals surface area contributed by atoms with Gasteiger partial charge in [-0.2, -0.15) is 0 Å². The van der Waals surface area contributed by atoms with Gasteiger partial charge in [-0.15, -0.1) is 0 Å². The van der Waals surface area contributed by atoms with Crippen molar-refractivity contribution in [1.82, 2.24) is 10.3 Å². The highest BCUT2D eigenvalue weighted by Gasteiger charge is 2.21. The summed E-state index contributed by atoms with van der Waals surface area (Å²) in [6.45, 7) is 3.81. The number of nitrogens with one attached hydrogen (secondary N) is 1. The molecule has 1 fully saturated rings. The van der Waals surface area contributed by atoms with Gasteiger partial charge in [-0.05, 0) is 31.4 Å². The molecule has 4 nitrogen and oxygen atoms in total. The van der Waals surface area contributed by atoms with Crippen molar-refractivity contribution < 1.29 is 4.74 Å². The Morgan fingerprint density at radius 3 is 3.00 bits per heavy atom. The number of ether oxygens (including phenoxy) is 1. The molecule has 0 aliphatic heterocycles. The monoisotopic (exact) mass is 249 g/mol. The van der Waals surface area contributed by atoms with Crippen LogP contribution < -0.4 is 10.2 Å². The van der Waals surface area contributed by atoms with Crippen molar-refractivity contribution in [2.75, 3.05) is 25.7 Å². The summed E-state index contributed by atoms with van der Waals surface area (Å²) in [5.74, 6) is 0. The minimum Gasteiger partial charge on any atom is -0.383 e. The number of anilines is 1. The zero-order valence-corrected chi connectivity index (χ0v) is 11.5. The van der Waals surface area contributed by atoms with E-state index in [-0.39, 0.29) is 0 Å². The second-order valence-electron chi connectivity index (χ2n) is 5.07. The topological polar surface area (TPSA) is 37.4 Å². The lowest BCUT2D eigenvalue weighted by Gasteiger charge is -2.28. The summed E-state index contributed by atoms with van der Waals surface area (Å²) in [6.07, 6.45) is 6.44. The van der Waals surface area contributed by atoms with E-state index in [0.717, 1.165) is 19.2 Å². The second kappa shape index (κ2) is 6.16. The van der Waals surface area contributed by atoms with Gasteiger partial charge in [0.1, 0.15) is 0 Å². The first kappa shape index (κ1) is 13.3. The van der Waals surface area contributed by atoms with Gasteiger partial charge in [0.05, 0.1) is 18.5 Å². The van der Waals surface area contributed by atoms with Crippen LogP contribution in [0.3, 0.4) is 0 Å². The fraction of sp³-hybridized carbons (Fsp3) is 0.643. The predicted octanol–water partition coefficient (Wildman–Crippen LogP) is 1.80. The highest BCUT2D eigenvalue weighted by molar-refractivity contribution is 5.51. The number of hydrogen-bond acceptors (Lipinski definition) is 4. The van der Waals surface area contributed by atoms with Crippen LogP contribution in [0.1, 0.15) is 25.3 Å². The highest BCUT2D eigenvalue weighted by atomic mass is 16.5. The van der Waals surface area contributed by atoms with E-state index in [4.69, 9.17) is 4.74 Å². The molecule has 0 bridgehead atoms. The number of aromatic nitrogens is 1. The largest absolute Gasteiger partial charge is 0.383 e. The van der Waals surface area contributed by atoms with Crippen LogP contribution in [0.5, 0.6) is 0 Å². The van der Waals surface area contributed by atoms with E-state index in [1.807, 2.05) is 12.4 Å². The number of pyridine rings is 1. The first-order valence-corrected chi connectivity index (χ1v) is 6.60. The number of methoxy groups -OCH3 is 1. The molecule has 100 valence electrons. The van der Waals surface area contributed by atoms with Gasteiger partial charge < -0.3 is 15.0 Å². The molecular formula is C14H23N3O. The third-order valence-corrected chi connectivity index (χ3v) is 3.50. The van der Waals surface area contributed by atoms with Gasteiger partial charge in [-0.3, -0.25) is 4.98 Å². The summed E-state index contributed by atoms with van der Waals surface area (Å²) in [4.78, 5) is 6.48. The normalized spacial score (nSPS) is 16.6. The van der Waals surface area contributed by atoms with Crippen LogP contribution in [0.25, 0.3) is 0 Å². The molecule has 0 spiro atoms. The molecule has 4 heteroatoms. The maximum atomic E-state index is 5.22. The zero-order chi connectivity index (χ0) is 13.0. The second-order valence-corrected chi connectivity index (χ2v) is 5.07. The fourth-order valence-corrected chi connectivity index (χ4v) is 2.01. The van der Waals surface area contributed by atoms with Crippen molar-refractivity contribution in [1.29, 1.82) is 0 Å². The van der Waals surface area contributed by atoms with Crippen molar-refractivity contribution in [3.63, 3.8) is 0 Å². The van der Waals surface area contributed by atoms with Crippen LogP contribution in [0, 0.1) is 0 Å². The lowest BCUT2D eigenvalue weighted by molar-refractivity contribution is 0.183. The van der Waals surface area contributed by atoms with E-state index < -0.39 is 0 Å². The first-order valence-electron chi connectivity index (χ1n) is 6.60. The molecule has 0 amide bonds. The number of rotatable bonds is 7. The van der Waals surface area contributed by atoms with E-state index in [9.17, 15) is 0 Å². The Bertz CT molecular complexity index is 379. The molecule has 1 unspecified atom stereocenters. The van der Waals surface area contributed by atoms with E-state index in [1.165, 1.54) is 24.1 Å². The highest BCUT2D eigenvalue weighted by Crippen LogP contribution is 2.23. The Labute approximate surface area is 109 Å². The molecular weight excluding hydrogens is 226 g/mol. The summed E-state index contributed by atoms with van der Waals surface area (Å²) in [7, 11) is 3.84. The van der Waals surface area contributed by atoms with Crippen molar-refractivity contribution >= 4 is 5.69 Å². The minimum absolute atomic E-state index is 0.346. The molecule has 1 heterocycles. The summed E-state index contributed by atoms with van der Waals surface area (Å²) >= 11 is 0. The van der Waals surface area contributed by atoms with Crippen LogP contribution in [0.15, 0.2) is 18.5 Å². The molecule has 1 N–H and O–H groups in total. The van der Waals surface area contributed by atoms with Crippen LogP contribution in [0.4, 0.5) is 5.69 Å². The quantitative estimate of drug-likeness (QED) is 0.799. The molecule has 0 radical (unpaired) electrons. The molecule has 0 saturated heterocycles. The summed E-state index contributed by atoms with van der Waals surface area (Å²) in [5.41, 5.74) is 2.50. The third-order valence-electron chi connectivity index (χ3n) is 3.50. The van der Waals surface area contributed by atoms with E-state index in [1.54, 1.807) is 7.11 Å². The third kappa shape index (κ3) is 3.43. The molecule has 18 heavy (non-hydrogen) atoms. The van der Waals surface area contributed by atoms with Gasteiger partial charge in [0.2, 0.25) is 0 Å². The fourth-order valence-electron chi connectivity index (χ4n) is 2.01. The molecule has 1 saturated carbocycles. The number of nitrogens with zero attached hydrogens (tertiary/aromatic N) is 2. The maximum absolute atomic E-state index is 5.22. The van der Waals surface area contributed by atoms with E-state index in [0.29, 0.717) is 6.04 Å². The maximum Gasteiger partial charge on any atom is 0.0663 e.